The van der Waals surface area contributed by atoms with Crippen LogP contribution in [0.15, 0.2) is 24.5 Å². The monoisotopic (exact) mass is 234 g/mol. The molecule has 0 atom stereocenters. The standard InChI is InChI=1S/C9H6N4O2S/c14-8-10-3-1-5(12-8)7(16)6-2-4-11-9(15)13-6/h1-4H,(H,10,12,14)(H,11,13,15). The molecule has 0 saturated heterocycles. The number of aromatic nitrogens is 4. The van der Waals surface area contributed by atoms with Crippen LogP contribution in [0, 0.1) is 0 Å². The van der Waals surface area contributed by atoms with E-state index in [1.807, 2.05) is 0 Å². The van der Waals surface area contributed by atoms with E-state index in [4.69, 9.17) is 22.4 Å². The van der Waals surface area contributed by atoms with E-state index >= 15 is 0 Å². The zero-order chi connectivity index (χ0) is 11.5. The minimum absolute atomic E-state index is 0.301. The number of rotatable bonds is 2. The molecule has 2 N–H and O–H groups in total. The van der Waals surface area contributed by atoms with Crippen LogP contribution in [-0.4, -0.2) is 35.0 Å². The van der Waals surface area contributed by atoms with E-state index in [9.17, 15) is 0 Å². The number of thiocarbonyl (C=S) groups is 1. The number of hydrogen-bond acceptors (Lipinski definition) is 7. The summed E-state index contributed by atoms with van der Waals surface area (Å²) < 4.78 is 0. The first-order valence-electron chi connectivity index (χ1n) is 4.25. The number of aromatic hydroxyl groups is 2. The van der Waals surface area contributed by atoms with Gasteiger partial charge in [-0.3, -0.25) is 0 Å². The van der Waals surface area contributed by atoms with Crippen molar-refractivity contribution in [2.75, 3.05) is 0 Å². The van der Waals surface area contributed by atoms with Crippen LogP contribution in [0.5, 0.6) is 12.0 Å². The van der Waals surface area contributed by atoms with Gasteiger partial charge in [0.2, 0.25) is 0 Å². The first-order chi connectivity index (χ1) is 7.66. The normalized spacial score (nSPS) is 10.0. The second kappa shape index (κ2) is 4.15. The quantitative estimate of drug-likeness (QED) is 0.575. The lowest BCUT2D eigenvalue weighted by atomic mass is 10.2. The van der Waals surface area contributed by atoms with Crippen molar-refractivity contribution >= 4 is 17.1 Å². The second-order valence-corrected chi connectivity index (χ2v) is 3.22. The molecule has 2 heterocycles. The van der Waals surface area contributed by atoms with Gasteiger partial charge in [-0.25, -0.2) is 9.97 Å². The molecule has 0 fully saturated rings. The van der Waals surface area contributed by atoms with Crippen LogP contribution >= 0.6 is 12.2 Å². The molecule has 7 heteroatoms. The van der Waals surface area contributed by atoms with Gasteiger partial charge in [0.15, 0.2) is 0 Å². The summed E-state index contributed by atoms with van der Waals surface area (Å²) in [7, 11) is 0. The van der Waals surface area contributed by atoms with Crippen LogP contribution in [0.25, 0.3) is 0 Å². The summed E-state index contributed by atoms with van der Waals surface area (Å²) in [6.07, 6.45) is 2.76. The fraction of sp³-hybridized carbons (Fsp3) is 0. The van der Waals surface area contributed by atoms with Gasteiger partial charge < -0.3 is 10.2 Å². The topological polar surface area (TPSA) is 92.0 Å². The first-order valence-corrected chi connectivity index (χ1v) is 4.66. The van der Waals surface area contributed by atoms with Gasteiger partial charge in [0, 0.05) is 12.4 Å². The highest BCUT2D eigenvalue weighted by atomic mass is 32.1. The van der Waals surface area contributed by atoms with E-state index in [2.05, 4.69) is 19.9 Å². The van der Waals surface area contributed by atoms with Gasteiger partial charge in [-0.15, -0.1) is 0 Å². The van der Waals surface area contributed by atoms with Gasteiger partial charge in [-0.2, -0.15) is 9.97 Å². The van der Waals surface area contributed by atoms with E-state index in [1.54, 1.807) is 12.1 Å². The fourth-order valence-electron chi connectivity index (χ4n) is 1.08. The molecular formula is C9H6N4O2S. The fourth-order valence-corrected chi connectivity index (χ4v) is 1.31. The van der Waals surface area contributed by atoms with Crippen molar-refractivity contribution in [1.82, 2.24) is 19.9 Å². The van der Waals surface area contributed by atoms with Crippen molar-refractivity contribution in [2.45, 2.75) is 0 Å². The van der Waals surface area contributed by atoms with Crippen molar-refractivity contribution in [2.24, 2.45) is 0 Å². The Bertz CT molecular complexity index is 499. The van der Waals surface area contributed by atoms with Crippen molar-refractivity contribution in [3.8, 4) is 12.0 Å². The Morgan fingerprint density at radius 3 is 1.75 bits per heavy atom. The minimum Gasteiger partial charge on any atom is -0.479 e. The Kier molecular flexibility index (Phi) is 2.69. The summed E-state index contributed by atoms with van der Waals surface area (Å²) in [5.41, 5.74) is 0.723. The van der Waals surface area contributed by atoms with Crippen molar-refractivity contribution in [3.05, 3.63) is 35.9 Å². The molecular weight excluding hydrogens is 228 g/mol. The molecule has 0 unspecified atom stereocenters. The molecule has 0 aliphatic heterocycles. The van der Waals surface area contributed by atoms with E-state index in [0.717, 1.165) is 0 Å². The van der Waals surface area contributed by atoms with Gasteiger partial charge in [0.05, 0.1) is 16.3 Å². The Hall–Kier alpha value is -2.15. The van der Waals surface area contributed by atoms with Crippen LogP contribution in [0.4, 0.5) is 0 Å². The van der Waals surface area contributed by atoms with E-state index in [1.165, 1.54) is 12.4 Å². The predicted octanol–water partition coefficient (Wildman–Crippen LogP) is 0.444. The van der Waals surface area contributed by atoms with E-state index in [0.29, 0.717) is 16.3 Å². The number of hydrogen-bond donors (Lipinski definition) is 2. The highest BCUT2D eigenvalue weighted by Gasteiger charge is 2.09. The maximum absolute atomic E-state index is 9.10. The Balaban J connectivity index is 2.39. The molecule has 2 aromatic heterocycles. The van der Waals surface area contributed by atoms with Crippen LogP contribution < -0.4 is 0 Å². The highest BCUT2D eigenvalue weighted by Crippen LogP contribution is 2.10. The SMILES string of the molecule is Oc1nccc(C(=S)c2ccnc(O)n2)n1. The molecule has 0 aliphatic carbocycles. The zero-order valence-corrected chi connectivity index (χ0v) is 8.72. The molecule has 0 aliphatic rings. The van der Waals surface area contributed by atoms with Crippen LogP contribution in [0.3, 0.4) is 0 Å². The molecule has 80 valence electrons. The van der Waals surface area contributed by atoms with Crippen molar-refractivity contribution < 1.29 is 10.2 Å². The summed E-state index contributed by atoms with van der Waals surface area (Å²) in [6.45, 7) is 0. The average Bonchev–Trinajstić information content (AvgIpc) is 2.28. The summed E-state index contributed by atoms with van der Waals surface area (Å²) >= 11 is 5.10. The average molecular weight is 234 g/mol. The van der Waals surface area contributed by atoms with Crippen molar-refractivity contribution in [1.29, 1.82) is 0 Å². The summed E-state index contributed by atoms with van der Waals surface area (Å²) in [6, 6.07) is 2.36. The first kappa shape index (κ1) is 10.4. The Labute approximate surface area is 95.7 Å². The third-order valence-electron chi connectivity index (χ3n) is 1.75. The lowest BCUT2D eigenvalue weighted by Gasteiger charge is -2.02. The van der Waals surface area contributed by atoms with Crippen LogP contribution in [0.1, 0.15) is 11.4 Å². The largest absolute Gasteiger partial charge is 0.479 e. The van der Waals surface area contributed by atoms with Crippen molar-refractivity contribution in [3.63, 3.8) is 0 Å². The molecule has 0 spiro atoms. The Morgan fingerprint density at radius 2 is 1.38 bits per heavy atom. The maximum atomic E-state index is 9.10. The minimum atomic E-state index is -0.363. The molecule has 0 amide bonds. The molecule has 0 saturated carbocycles. The van der Waals surface area contributed by atoms with Gasteiger partial charge in [-0.05, 0) is 12.1 Å². The lowest BCUT2D eigenvalue weighted by Crippen LogP contribution is -2.05. The zero-order valence-electron chi connectivity index (χ0n) is 7.90. The summed E-state index contributed by atoms with van der Waals surface area (Å²) in [5, 5.41) is 18.2. The molecule has 0 aromatic carbocycles. The molecule has 0 radical (unpaired) electrons. The third kappa shape index (κ3) is 2.09. The maximum Gasteiger partial charge on any atom is 0.314 e. The third-order valence-corrected chi connectivity index (χ3v) is 2.17. The van der Waals surface area contributed by atoms with Crippen LogP contribution in [0.2, 0.25) is 0 Å². The molecule has 6 nitrogen and oxygen atoms in total. The lowest BCUT2D eigenvalue weighted by molar-refractivity contribution is 0.430. The van der Waals surface area contributed by atoms with Gasteiger partial charge in [-0.1, -0.05) is 12.2 Å². The molecule has 0 bridgehead atoms. The highest BCUT2D eigenvalue weighted by molar-refractivity contribution is 7.81. The smallest absolute Gasteiger partial charge is 0.314 e. The summed E-state index contributed by atoms with van der Waals surface area (Å²) in [4.78, 5) is 14.9. The molecule has 2 rings (SSSR count). The Morgan fingerprint density at radius 1 is 0.938 bits per heavy atom. The molecule has 2 aromatic rings. The van der Waals surface area contributed by atoms with Crippen LogP contribution in [-0.2, 0) is 0 Å². The predicted molar refractivity (Wildman–Crippen MR) is 58.2 cm³/mol. The number of nitrogens with zero attached hydrogens (tertiary/aromatic N) is 4. The van der Waals surface area contributed by atoms with E-state index < -0.39 is 0 Å². The van der Waals surface area contributed by atoms with E-state index in [-0.39, 0.29) is 12.0 Å². The second-order valence-electron chi connectivity index (χ2n) is 2.81. The van der Waals surface area contributed by atoms with Gasteiger partial charge in [0.1, 0.15) is 0 Å². The van der Waals surface area contributed by atoms with Gasteiger partial charge in [0.25, 0.3) is 0 Å². The van der Waals surface area contributed by atoms with Gasteiger partial charge >= 0.3 is 12.0 Å². The molecule has 16 heavy (non-hydrogen) atoms. The summed E-state index contributed by atoms with van der Waals surface area (Å²) in [5.74, 6) is 0.